The first-order chi connectivity index (χ1) is 16.4. The van der Waals surface area contributed by atoms with E-state index in [1.807, 2.05) is 25.1 Å². The Morgan fingerprint density at radius 1 is 1.12 bits per heavy atom. The van der Waals surface area contributed by atoms with E-state index >= 15 is 0 Å². The number of amides is 1. The van der Waals surface area contributed by atoms with Crippen LogP contribution in [0, 0.1) is 5.82 Å². The molecule has 34 heavy (non-hydrogen) atoms. The highest BCUT2D eigenvalue weighted by molar-refractivity contribution is 7.22. The van der Waals surface area contributed by atoms with Crippen LogP contribution in [0.1, 0.15) is 29.7 Å². The molecule has 0 radical (unpaired) electrons. The Morgan fingerprint density at radius 2 is 1.85 bits per heavy atom. The molecule has 0 bridgehead atoms. The Balaban J connectivity index is 1.73. The number of aromatic nitrogens is 1. The van der Waals surface area contributed by atoms with Gasteiger partial charge in [-0.3, -0.25) is 14.5 Å². The Morgan fingerprint density at radius 3 is 2.56 bits per heavy atom. The molecule has 5 nitrogen and oxygen atoms in total. The zero-order valence-corrected chi connectivity index (χ0v) is 19.5. The van der Waals surface area contributed by atoms with Gasteiger partial charge in [0, 0.05) is 16.1 Å². The van der Waals surface area contributed by atoms with Gasteiger partial charge in [-0.25, -0.2) is 9.37 Å². The molecule has 0 aliphatic carbocycles. The van der Waals surface area contributed by atoms with Crippen molar-refractivity contribution < 1.29 is 19.1 Å². The van der Waals surface area contributed by atoms with Crippen LogP contribution in [-0.4, -0.2) is 21.8 Å². The Kier molecular flexibility index (Phi) is 5.67. The van der Waals surface area contributed by atoms with Crippen molar-refractivity contribution in [1.29, 1.82) is 0 Å². The highest BCUT2D eigenvalue weighted by Gasteiger charge is 2.49. The maximum Gasteiger partial charge on any atom is 0.301 e. The molecule has 1 aromatic heterocycles. The van der Waals surface area contributed by atoms with Crippen LogP contribution in [0.5, 0.6) is 0 Å². The molecule has 4 aromatic rings. The summed E-state index contributed by atoms with van der Waals surface area (Å²) in [5.41, 5.74) is 1.96. The highest BCUT2D eigenvalue weighted by Crippen LogP contribution is 2.45. The summed E-state index contributed by atoms with van der Waals surface area (Å²) in [6.45, 7) is 2.04. The number of carbonyl (C=O) groups excluding carboxylic acids is 2. The first kappa shape index (κ1) is 22.3. The molecule has 1 amide bonds. The first-order valence-corrected chi connectivity index (χ1v) is 11.8. The summed E-state index contributed by atoms with van der Waals surface area (Å²) in [7, 11) is 0. The lowest BCUT2D eigenvalue weighted by atomic mass is 9.95. The number of hydrogen-bond donors (Lipinski definition) is 1. The van der Waals surface area contributed by atoms with Gasteiger partial charge >= 0.3 is 5.91 Å². The lowest BCUT2D eigenvalue weighted by molar-refractivity contribution is -0.132. The topological polar surface area (TPSA) is 70.5 Å². The van der Waals surface area contributed by atoms with Crippen LogP contribution in [0.2, 0.25) is 5.02 Å². The minimum absolute atomic E-state index is 0.0886. The van der Waals surface area contributed by atoms with E-state index < -0.39 is 29.3 Å². The van der Waals surface area contributed by atoms with E-state index in [4.69, 9.17) is 11.6 Å². The fraction of sp³-hybridized carbons (Fsp3) is 0.115. The third-order valence-electron chi connectivity index (χ3n) is 5.82. The second kappa shape index (κ2) is 8.66. The molecule has 1 unspecified atom stereocenters. The minimum atomic E-state index is -1.18. The number of nitrogens with zero attached hydrogens (tertiary/aromatic N) is 2. The highest BCUT2D eigenvalue weighted by atomic mass is 35.5. The molecule has 170 valence electrons. The SMILES string of the molecule is CCc1ccc2nc(N3C(=O)C(=O)/C(=C(/O)c4ccc(Cl)cc4)C3c3ccccc3F)sc2c1. The van der Waals surface area contributed by atoms with Gasteiger partial charge in [0.1, 0.15) is 17.6 Å². The summed E-state index contributed by atoms with van der Waals surface area (Å²) >= 11 is 7.20. The predicted octanol–water partition coefficient (Wildman–Crippen LogP) is 6.28. The largest absolute Gasteiger partial charge is 0.507 e. The molecule has 5 rings (SSSR count). The van der Waals surface area contributed by atoms with Crippen molar-refractivity contribution in [3.63, 3.8) is 0 Å². The number of hydrogen-bond acceptors (Lipinski definition) is 5. The Hall–Kier alpha value is -3.55. The van der Waals surface area contributed by atoms with Crippen LogP contribution < -0.4 is 4.90 Å². The standard InChI is InChI=1S/C26H18ClFN2O3S/c1-2-14-7-12-19-20(13-14)34-26(29-19)30-22(17-5-3-4-6-18(17)28)21(24(32)25(30)33)23(31)15-8-10-16(27)11-9-15/h3-13,22,31H,2H2,1H3/b23-21+. The normalized spacial score (nSPS) is 17.6. The summed E-state index contributed by atoms with van der Waals surface area (Å²) in [6, 6.07) is 16.7. The number of Topliss-reactive ketones (excluding diaryl/α,β-unsaturated/α-hetero) is 1. The van der Waals surface area contributed by atoms with Crippen LogP contribution in [0.25, 0.3) is 16.0 Å². The van der Waals surface area contributed by atoms with E-state index in [1.165, 1.54) is 46.6 Å². The molecule has 0 saturated carbocycles. The Labute approximate surface area is 203 Å². The molecule has 1 aliphatic rings. The van der Waals surface area contributed by atoms with E-state index in [0.29, 0.717) is 16.1 Å². The molecule has 8 heteroatoms. The number of benzene rings is 3. The van der Waals surface area contributed by atoms with E-state index in [2.05, 4.69) is 4.98 Å². The van der Waals surface area contributed by atoms with Gasteiger partial charge in [-0.15, -0.1) is 0 Å². The smallest absolute Gasteiger partial charge is 0.301 e. The molecule has 1 N–H and O–H groups in total. The monoisotopic (exact) mass is 492 g/mol. The van der Waals surface area contributed by atoms with Gasteiger partial charge in [-0.05, 0) is 54.4 Å². The van der Waals surface area contributed by atoms with E-state index in [-0.39, 0.29) is 16.3 Å². The molecule has 1 saturated heterocycles. The predicted molar refractivity (Wildman–Crippen MR) is 132 cm³/mol. The molecule has 1 atom stereocenters. The van der Waals surface area contributed by atoms with Crippen molar-refractivity contribution in [3.8, 4) is 0 Å². The lowest BCUT2D eigenvalue weighted by Crippen LogP contribution is -2.29. The molecule has 1 fully saturated rings. The second-order valence-corrected chi connectivity index (χ2v) is 9.30. The number of aliphatic hydroxyl groups excluding tert-OH is 1. The van der Waals surface area contributed by atoms with Gasteiger partial charge in [-0.2, -0.15) is 0 Å². The Bertz CT molecular complexity index is 1480. The summed E-state index contributed by atoms with van der Waals surface area (Å²) in [4.78, 5) is 32.2. The van der Waals surface area contributed by atoms with Gasteiger partial charge < -0.3 is 5.11 Å². The number of thiazole rings is 1. The van der Waals surface area contributed by atoms with Gasteiger partial charge in [0.2, 0.25) is 0 Å². The average Bonchev–Trinajstić information content (AvgIpc) is 3.37. The number of ketones is 1. The summed E-state index contributed by atoms with van der Waals surface area (Å²) in [6.07, 6.45) is 0.837. The zero-order chi connectivity index (χ0) is 24.0. The van der Waals surface area contributed by atoms with Crippen molar-refractivity contribution in [3.05, 3.63) is 99.8 Å². The van der Waals surface area contributed by atoms with Crippen molar-refractivity contribution in [2.45, 2.75) is 19.4 Å². The number of carbonyl (C=O) groups is 2. The number of halogens is 2. The fourth-order valence-electron chi connectivity index (χ4n) is 4.06. The molecular formula is C26H18ClFN2O3S. The van der Waals surface area contributed by atoms with E-state index in [9.17, 15) is 19.1 Å². The maximum absolute atomic E-state index is 15.0. The van der Waals surface area contributed by atoms with Crippen molar-refractivity contribution in [1.82, 2.24) is 4.98 Å². The fourth-order valence-corrected chi connectivity index (χ4v) is 5.25. The van der Waals surface area contributed by atoms with Crippen LogP contribution >= 0.6 is 22.9 Å². The van der Waals surface area contributed by atoms with Crippen LogP contribution in [0.4, 0.5) is 9.52 Å². The zero-order valence-electron chi connectivity index (χ0n) is 18.0. The maximum atomic E-state index is 15.0. The van der Waals surface area contributed by atoms with Crippen molar-refractivity contribution in [2.75, 3.05) is 4.90 Å². The third-order valence-corrected chi connectivity index (χ3v) is 7.09. The number of anilines is 1. The van der Waals surface area contributed by atoms with Gasteiger partial charge in [0.25, 0.3) is 5.78 Å². The third kappa shape index (κ3) is 3.67. The first-order valence-electron chi connectivity index (χ1n) is 10.6. The number of aryl methyl sites for hydroxylation is 1. The quantitative estimate of drug-likeness (QED) is 0.207. The molecule has 3 aromatic carbocycles. The van der Waals surface area contributed by atoms with Gasteiger partial charge in [0.15, 0.2) is 5.13 Å². The molecule has 2 heterocycles. The van der Waals surface area contributed by atoms with Gasteiger partial charge in [0.05, 0.1) is 15.8 Å². The van der Waals surface area contributed by atoms with Crippen LogP contribution in [-0.2, 0) is 16.0 Å². The van der Waals surface area contributed by atoms with Crippen molar-refractivity contribution in [2.24, 2.45) is 0 Å². The van der Waals surface area contributed by atoms with E-state index in [1.54, 1.807) is 18.2 Å². The molecular weight excluding hydrogens is 475 g/mol. The van der Waals surface area contributed by atoms with Crippen LogP contribution in [0.3, 0.4) is 0 Å². The summed E-state index contributed by atoms with van der Waals surface area (Å²) < 4.78 is 15.8. The number of aliphatic hydroxyl groups is 1. The molecule has 0 spiro atoms. The summed E-state index contributed by atoms with van der Waals surface area (Å²) in [5, 5.41) is 11.8. The van der Waals surface area contributed by atoms with Crippen LogP contribution in [0.15, 0.2) is 72.3 Å². The number of fused-ring (bicyclic) bond motifs is 1. The lowest BCUT2D eigenvalue weighted by Gasteiger charge is -2.23. The second-order valence-electron chi connectivity index (χ2n) is 7.85. The van der Waals surface area contributed by atoms with E-state index in [0.717, 1.165) is 16.7 Å². The van der Waals surface area contributed by atoms with Crippen molar-refractivity contribution >= 4 is 55.7 Å². The summed E-state index contributed by atoms with van der Waals surface area (Å²) in [5.74, 6) is -2.79. The van der Waals surface area contributed by atoms with Gasteiger partial charge in [-0.1, -0.05) is 54.1 Å². The number of rotatable bonds is 4. The molecule has 1 aliphatic heterocycles. The minimum Gasteiger partial charge on any atom is -0.507 e. The average molecular weight is 493 g/mol.